The van der Waals surface area contributed by atoms with E-state index in [9.17, 15) is 5.11 Å². The minimum Gasteiger partial charge on any atom is -0.490 e. The Labute approximate surface area is 125 Å². The number of fused-ring (bicyclic) bond motifs is 1. The highest BCUT2D eigenvalue weighted by atomic mass is 35.5. The standard InChI is InChI=1S/C15H21NO3.ClH/c1-10(2)16-8-12(17)9-18-14-5-4-6-15-13(14)7-11(3)19-15;/h4-7,10,12,16-17H,8-9H2,1-3H3;1H. The number of aliphatic hydroxyl groups excluding tert-OH is 1. The van der Waals surface area contributed by atoms with Crippen LogP contribution >= 0.6 is 12.4 Å². The number of benzene rings is 1. The van der Waals surface area contributed by atoms with Gasteiger partial charge in [0, 0.05) is 12.6 Å². The van der Waals surface area contributed by atoms with Gasteiger partial charge in [0.1, 0.15) is 29.8 Å². The molecule has 1 heterocycles. The molecule has 0 aliphatic rings. The Kier molecular flexibility index (Phi) is 6.33. The van der Waals surface area contributed by atoms with Crippen molar-refractivity contribution in [2.45, 2.75) is 32.9 Å². The molecule has 0 saturated heterocycles. The fraction of sp³-hybridized carbons (Fsp3) is 0.467. The first-order valence-corrected chi connectivity index (χ1v) is 6.59. The van der Waals surface area contributed by atoms with Crippen LogP contribution in [0.4, 0.5) is 0 Å². The molecule has 5 heteroatoms. The number of aryl methyl sites for hydroxylation is 1. The van der Waals surface area contributed by atoms with Crippen molar-refractivity contribution in [2.24, 2.45) is 0 Å². The molecule has 2 aromatic rings. The molecule has 1 aromatic heterocycles. The number of rotatable bonds is 6. The Hall–Kier alpha value is -1.23. The molecule has 0 spiro atoms. The average Bonchev–Trinajstić information content (AvgIpc) is 2.74. The van der Waals surface area contributed by atoms with Crippen LogP contribution in [-0.4, -0.2) is 30.4 Å². The molecule has 0 radical (unpaired) electrons. The molecule has 112 valence electrons. The van der Waals surface area contributed by atoms with E-state index in [0.717, 1.165) is 22.5 Å². The van der Waals surface area contributed by atoms with E-state index in [1.54, 1.807) is 0 Å². The van der Waals surface area contributed by atoms with Crippen LogP contribution in [-0.2, 0) is 0 Å². The number of hydrogen-bond donors (Lipinski definition) is 2. The van der Waals surface area contributed by atoms with Crippen molar-refractivity contribution in [3.63, 3.8) is 0 Å². The third-order valence-corrected chi connectivity index (χ3v) is 2.84. The zero-order valence-electron chi connectivity index (χ0n) is 12.1. The quantitative estimate of drug-likeness (QED) is 0.861. The Morgan fingerprint density at radius 2 is 2.10 bits per heavy atom. The number of hydrogen-bond acceptors (Lipinski definition) is 4. The van der Waals surface area contributed by atoms with Crippen LogP contribution in [0.5, 0.6) is 5.75 Å². The monoisotopic (exact) mass is 299 g/mol. The minimum absolute atomic E-state index is 0. The second-order valence-electron chi connectivity index (χ2n) is 5.05. The maximum atomic E-state index is 9.83. The molecule has 0 fully saturated rings. The third-order valence-electron chi connectivity index (χ3n) is 2.84. The van der Waals surface area contributed by atoms with Gasteiger partial charge in [-0.25, -0.2) is 0 Å². The van der Waals surface area contributed by atoms with Gasteiger partial charge in [-0.2, -0.15) is 0 Å². The van der Waals surface area contributed by atoms with Crippen LogP contribution in [0, 0.1) is 6.92 Å². The first-order chi connectivity index (χ1) is 9.06. The lowest BCUT2D eigenvalue weighted by Gasteiger charge is -2.15. The van der Waals surface area contributed by atoms with Crippen molar-refractivity contribution < 1.29 is 14.3 Å². The Morgan fingerprint density at radius 3 is 2.80 bits per heavy atom. The molecule has 1 unspecified atom stereocenters. The zero-order chi connectivity index (χ0) is 13.8. The van der Waals surface area contributed by atoms with Crippen molar-refractivity contribution in [1.29, 1.82) is 0 Å². The normalized spacial score (nSPS) is 12.4. The molecule has 0 aliphatic carbocycles. The number of aliphatic hydroxyl groups is 1. The van der Waals surface area contributed by atoms with E-state index in [4.69, 9.17) is 9.15 Å². The second kappa shape index (κ2) is 7.53. The van der Waals surface area contributed by atoms with Crippen LogP contribution in [0.25, 0.3) is 11.0 Å². The molecule has 0 saturated carbocycles. The summed E-state index contributed by atoms with van der Waals surface area (Å²) in [7, 11) is 0. The SMILES string of the molecule is Cc1cc2c(OCC(O)CNC(C)C)cccc2o1.Cl. The summed E-state index contributed by atoms with van der Waals surface area (Å²) < 4.78 is 11.2. The topological polar surface area (TPSA) is 54.6 Å². The first kappa shape index (κ1) is 16.8. The van der Waals surface area contributed by atoms with Crippen LogP contribution < -0.4 is 10.1 Å². The van der Waals surface area contributed by atoms with Crippen molar-refractivity contribution >= 4 is 23.4 Å². The molecule has 2 rings (SSSR count). The molecule has 1 atom stereocenters. The number of furan rings is 1. The smallest absolute Gasteiger partial charge is 0.137 e. The number of ether oxygens (including phenoxy) is 1. The van der Waals surface area contributed by atoms with Gasteiger partial charge < -0.3 is 19.6 Å². The van der Waals surface area contributed by atoms with E-state index in [-0.39, 0.29) is 19.0 Å². The Morgan fingerprint density at radius 1 is 1.35 bits per heavy atom. The van der Waals surface area contributed by atoms with E-state index in [1.807, 2.05) is 45.0 Å². The van der Waals surface area contributed by atoms with Crippen molar-refractivity contribution in [3.8, 4) is 5.75 Å². The molecule has 0 bridgehead atoms. The Balaban J connectivity index is 0.00000200. The van der Waals surface area contributed by atoms with Crippen molar-refractivity contribution in [2.75, 3.05) is 13.2 Å². The van der Waals surface area contributed by atoms with E-state index < -0.39 is 6.10 Å². The summed E-state index contributed by atoms with van der Waals surface area (Å²) in [6, 6.07) is 7.99. The van der Waals surface area contributed by atoms with Gasteiger partial charge in [0.25, 0.3) is 0 Å². The predicted octanol–water partition coefficient (Wildman–Crippen LogP) is 2.90. The third kappa shape index (κ3) is 4.40. The summed E-state index contributed by atoms with van der Waals surface area (Å²) in [6.07, 6.45) is -0.523. The largest absolute Gasteiger partial charge is 0.490 e. The van der Waals surface area contributed by atoms with Gasteiger partial charge in [0.15, 0.2) is 0 Å². The summed E-state index contributed by atoms with van der Waals surface area (Å²) in [4.78, 5) is 0. The second-order valence-corrected chi connectivity index (χ2v) is 5.05. The number of nitrogens with one attached hydrogen (secondary N) is 1. The average molecular weight is 300 g/mol. The summed E-state index contributed by atoms with van der Waals surface area (Å²) in [5.74, 6) is 1.60. The highest BCUT2D eigenvalue weighted by Gasteiger charge is 2.10. The van der Waals surface area contributed by atoms with Gasteiger partial charge in [0.05, 0.1) is 5.39 Å². The van der Waals surface area contributed by atoms with Crippen LogP contribution in [0.15, 0.2) is 28.7 Å². The summed E-state index contributed by atoms with van der Waals surface area (Å²) >= 11 is 0. The van der Waals surface area contributed by atoms with Crippen LogP contribution in [0.3, 0.4) is 0 Å². The summed E-state index contributed by atoms with van der Waals surface area (Å²) in [5, 5.41) is 13.9. The lowest BCUT2D eigenvalue weighted by Crippen LogP contribution is -2.35. The molecule has 20 heavy (non-hydrogen) atoms. The van der Waals surface area contributed by atoms with Gasteiger partial charge in [-0.05, 0) is 25.1 Å². The van der Waals surface area contributed by atoms with E-state index in [2.05, 4.69) is 5.32 Å². The molecule has 2 N–H and O–H groups in total. The maximum absolute atomic E-state index is 9.83. The van der Waals surface area contributed by atoms with Crippen LogP contribution in [0.1, 0.15) is 19.6 Å². The fourth-order valence-corrected chi connectivity index (χ4v) is 1.90. The van der Waals surface area contributed by atoms with Gasteiger partial charge >= 0.3 is 0 Å². The predicted molar refractivity (Wildman–Crippen MR) is 82.8 cm³/mol. The highest BCUT2D eigenvalue weighted by Crippen LogP contribution is 2.28. The highest BCUT2D eigenvalue weighted by molar-refractivity contribution is 5.85. The van der Waals surface area contributed by atoms with Crippen LogP contribution in [0.2, 0.25) is 0 Å². The Bertz CT molecular complexity index is 539. The number of halogens is 1. The molecule has 0 amide bonds. The summed E-state index contributed by atoms with van der Waals surface area (Å²) in [5.41, 5.74) is 0.810. The van der Waals surface area contributed by atoms with Gasteiger partial charge in [-0.3, -0.25) is 0 Å². The van der Waals surface area contributed by atoms with Crippen molar-refractivity contribution in [3.05, 3.63) is 30.0 Å². The van der Waals surface area contributed by atoms with Crippen molar-refractivity contribution in [1.82, 2.24) is 5.32 Å². The molecular formula is C15H22ClNO3. The molecular weight excluding hydrogens is 278 g/mol. The minimum atomic E-state index is -0.523. The molecule has 4 nitrogen and oxygen atoms in total. The van der Waals surface area contributed by atoms with Gasteiger partial charge in [0.2, 0.25) is 0 Å². The van der Waals surface area contributed by atoms with E-state index >= 15 is 0 Å². The molecule has 0 aliphatic heterocycles. The zero-order valence-corrected chi connectivity index (χ0v) is 12.9. The van der Waals surface area contributed by atoms with Gasteiger partial charge in [-0.1, -0.05) is 19.9 Å². The van der Waals surface area contributed by atoms with E-state index in [1.165, 1.54) is 0 Å². The van der Waals surface area contributed by atoms with Gasteiger partial charge in [-0.15, -0.1) is 12.4 Å². The first-order valence-electron chi connectivity index (χ1n) is 6.59. The van der Waals surface area contributed by atoms with E-state index in [0.29, 0.717) is 12.6 Å². The summed E-state index contributed by atoms with van der Waals surface area (Å²) in [6.45, 7) is 6.79. The maximum Gasteiger partial charge on any atom is 0.137 e. The lowest BCUT2D eigenvalue weighted by molar-refractivity contribution is 0.105. The lowest BCUT2D eigenvalue weighted by atomic mass is 10.2. The molecule has 1 aromatic carbocycles. The fourth-order valence-electron chi connectivity index (χ4n) is 1.90.